The largest absolute Gasteiger partial charge is 0.475 e. The first-order chi connectivity index (χ1) is 6.72. The maximum Gasteiger partial charge on any atom is 0.375 e. The maximum atomic E-state index is 10.6. The number of carboxylic acid groups (broad SMARTS) is 1. The van der Waals surface area contributed by atoms with Gasteiger partial charge in [0.2, 0.25) is 0 Å². The molecule has 72 valence electrons. The summed E-state index contributed by atoms with van der Waals surface area (Å²) in [5.41, 5.74) is 1.11. The third-order valence-corrected chi connectivity index (χ3v) is 1.92. The maximum absolute atomic E-state index is 10.6. The van der Waals surface area contributed by atoms with Gasteiger partial charge in [0.15, 0.2) is 0 Å². The quantitative estimate of drug-likeness (QED) is 0.743. The minimum atomic E-state index is -1.15. The summed E-state index contributed by atoms with van der Waals surface area (Å²) in [5, 5.41) is 21.6. The number of aliphatic hydroxyl groups is 1. The first-order valence-electron chi connectivity index (χ1n) is 3.95. The molecule has 0 unspecified atom stereocenters. The molecule has 5 nitrogen and oxygen atoms in total. The molecule has 5 heteroatoms. The lowest BCUT2D eigenvalue weighted by molar-refractivity contribution is 0.0655. The summed E-state index contributed by atoms with van der Waals surface area (Å²) in [5.74, 6) is -1.33. The average Bonchev–Trinajstić information content (AvgIpc) is 2.59. The zero-order valence-corrected chi connectivity index (χ0v) is 7.10. The third-order valence-electron chi connectivity index (χ3n) is 1.92. The highest BCUT2D eigenvalue weighted by Gasteiger charge is 2.14. The third kappa shape index (κ3) is 1.23. The van der Waals surface area contributed by atoms with Crippen LogP contribution in [0, 0.1) is 0 Å². The van der Waals surface area contributed by atoms with Gasteiger partial charge in [0.25, 0.3) is 5.76 Å². The molecule has 0 amide bonds. The fourth-order valence-corrected chi connectivity index (χ4v) is 1.24. The van der Waals surface area contributed by atoms with Crippen LogP contribution in [0.1, 0.15) is 16.1 Å². The molecule has 0 fully saturated rings. The predicted molar refractivity (Wildman–Crippen MR) is 46.9 cm³/mol. The van der Waals surface area contributed by atoms with Crippen LogP contribution in [0.4, 0.5) is 0 Å². The Kier molecular flexibility index (Phi) is 1.94. The van der Waals surface area contributed by atoms with Gasteiger partial charge in [-0.2, -0.15) is 0 Å². The Balaban J connectivity index is 2.65. The van der Waals surface area contributed by atoms with Gasteiger partial charge < -0.3 is 14.7 Å². The van der Waals surface area contributed by atoms with Gasteiger partial charge in [-0.15, -0.1) is 0 Å². The predicted octanol–water partition coefficient (Wildman–Crippen LogP) is 1.02. The van der Waals surface area contributed by atoms with Crippen molar-refractivity contribution in [1.29, 1.82) is 0 Å². The summed E-state index contributed by atoms with van der Waals surface area (Å²) in [6, 6.07) is 4.79. The molecule has 0 atom stereocenters. The van der Waals surface area contributed by atoms with Crippen LogP contribution in [-0.4, -0.2) is 21.3 Å². The zero-order valence-electron chi connectivity index (χ0n) is 7.10. The number of aromatic carboxylic acids is 1. The van der Waals surface area contributed by atoms with Gasteiger partial charge in [-0.1, -0.05) is 11.2 Å². The molecule has 0 aliphatic heterocycles. The second kappa shape index (κ2) is 3.12. The number of nitrogens with zero attached hydrogens (tertiary/aromatic N) is 1. The molecule has 2 aromatic rings. The molecular formula is C9H7NO4. The van der Waals surface area contributed by atoms with E-state index in [0.29, 0.717) is 16.5 Å². The van der Waals surface area contributed by atoms with E-state index in [9.17, 15) is 4.79 Å². The molecular weight excluding hydrogens is 186 g/mol. The molecule has 0 spiro atoms. The van der Waals surface area contributed by atoms with Crippen LogP contribution in [-0.2, 0) is 6.61 Å². The van der Waals surface area contributed by atoms with Crippen LogP contribution < -0.4 is 0 Å². The number of benzene rings is 1. The Morgan fingerprint density at radius 2 is 2.29 bits per heavy atom. The number of rotatable bonds is 2. The highest BCUT2D eigenvalue weighted by Crippen LogP contribution is 2.19. The number of carbonyl (C=O) groups is 1. The van der Waals surface area contributed by atoms with Crippen molar-refractivity contribution in [2.24, 2.45) is 0 Å². The molecule has 2 rings (SSSR count). The van der Waals surface area contributed by atoms with Crippen molar-refractivity contribution in [3.63, 3.8) is 0 Å². The Morgan fingerprint density at radius 1 is 1.50 bits per heavy atom. The lowest BCUT2D eigenvalue weighted by Crippen LogP contribution is -1.93. The lowest BCUT2D eigenvalue weighted by Gasteiger charge is -1.93. The van der Waals surface area contributed by atoms with Crippen molar-refractivity contribution < 1.29 is 19.5 Å². The molecule has 14 heavy (non-hydrogen) atoms. The normalized spacial score (nSPS) is 10.6. The van der Waals surface area contributed by atoms with E-state index in [4.69, 9.17) is 10.2 Å². The number of aliphatic hydroxyl groups excluding tert-OH is 1. The number of fused-ring (bicyclic) bond motifs is 1. The number of carboxylic acids is 1. The van der Waals surface area contributed by atoms with E-state index in [2.05, 4.69) is 9.68 Å². The highest BCUT2D eigenvalue weighted by molar-refractivity contribution is 5.99. The molecule has 2 N–H and O–H groups in total. The van der Waals surface area contributed by atoms with E-state index in [1.807, 2.05) is 0 Å². The van der Waals surface area contributed by atoms with E-state index >= 15 is 0 Å². The van der Waals surface area contributed by atoms with E-state index in [1.165, 1.54) is 0 Å². The van der Waals surface area contributed by atoms with Crippen molar-refractivity contribution in [3.8, 4) is 0 Å². The molecule has 0 saturated carbocycles. The number of hydrogen-bond acceptors (Lipinski definition) is 4. The van der Waals surface area contributed by atoms with Crippen LogP contribution in [0.25, 0.3) is 10.9 Å². The summed E-state index contributed by atoms with van der Waals surface area (Å²) >= 11 is 0. The highest BCUT2D eigenvalue weighted by atomic mass is 16.5. The van der Waals surface area contributed by atoms with Crippen molar-refractivity contribution in [2.75, 3.05) is 0 Å². The zero-order chi connectivity index (χ0) is 10.1. The van der Waals surface area contributed by atoms with Crippen LogP contribution in [0.3, 0.4) is 0 Å². The van der Waals surface area contributed by atoms with E-state index in [-0.39, 0.29) is 12.4 Å². The summed E-state index contributed by atoms with van der Waals surface area (Å²) in [4.78, 5) is 10.6. The van der Waals surface area contributed by atoms with Crippen LogP contribution in [0.15, 0.2) is 22.7 Å². The van der Waals surface area contributed by atoms with Crippen molar-refractivity contribution in [2.45, 2.75) is 6.61 Å². The number of aromatic nitrogens is 1. The van der Waals surface area contributed by atoms with Gasteiger partial charge in [0.05, 0.1) is 12.0 Å². The average molecular weight is 193 g/mol. The Labute approximate surface area is 78.6 Å². The van der Waals surface area contributed by atoms with Gasteiger partial charge >= 0.3 is 5.97 Å². The Hall–Kier alpha value is -1.88. The first kappa shape index (κ1) is 8.71. The lowest BCUT2D eigenvalue weighted by atomic mass is 10.1. The SMILES string of the molecule is O=C(O)c1onc2cc(CO)ccc12. The summed E-state index contributed by atoms with van der Waals surface area (Å²) in [6.07, 6.45) is 0. The first-order valence-corrected chi connectivity index (χ1v) is 3.95. The van der Waals surface area contributed by atoms with Crippen molar-refractivity contribution in [3.05, 3.63) is 29.5 Å². The van der Waals surface area contributed by atoms with E-state index < -0.39 is 5.97 Å². The van der Waals surface area contributed by atoms with Gasteiger partial charge in [-0.05, 0) is 17.7 Å². The molecule has 0 bridgehead atoms. The van der Waals surface area contributed by atoms with Crippen molar-refractivity contribution >= 4 is 16.9 Å². The summed E-state index contributed by atoms with van der Waals surface area (Å²) in [6.45, 7) is -0.106. The van der Waals surface area contributed by atoms with Gasteiger partial charge in [0, 0.05) is 0 Å². The molecule has 1 aromatic carbocycles. The van der Waals surface area contributed by atoms with Gasteiger partial charge in [-0.25, -0.2) is 4.79 Å². The fourth-order valence-electron chi connectivity index (χ4n) is 1.24. The smallest absolute Gasteiger partial charge is 0.375 e. The van der Waals surface area contributed by atoms with Crippen LogP contribution in [0.2, 0.25) is 0 Å². The Bertz CT molecular complexity index is 489. The van der Waals surface area contributed by atoms with Crippen LogP contribution in [0.5, 0.6) is 0 Å². The topological polar surface area (TPSA) is 83.6 Å². The molecule has 1 aromatic heterocycles. The van der Waals surface area contributed by atoms with Gasteiger partial charge in [-0.3, -0.25) is 0 Å². The minimum absolute atomic E-state index is 0.106. The fraction of sp³-hybridized carbons (Fsp3) is 0.111. The van der Waals surface area contributed by atoms with Gasteiger partial charge in [0.1, 0.15) is 5.52 Å². The monoisotopic (exact) mass is 193 g/mol. The number of hydrogen-bond donors (Lipinski definition) is 2. The van der Waals surface area contributed by atoms with E-state index in [0.717, 1.165) is 0 Å². The molecule has 0 saturated heterocycles. The summed E-state index contributed by atoms with van der Waals surface area (Å²) in [7, 11) is 0. The minimum Gasteiger partial charge on any atom is -0.475 e. The molecule has 1 heterocycles. The van der Waals surface area contributed by atoms with E-state index in [1.54, 1.807) is 18.2 Å². The molecule has 0 aliphatic carbocycles. The molecule has 0 radical (unpaired) electrons. The standard InChI is InChI=1S/C9H7NO4/c11-4-5-1-2-6-7(3-5)10-14-8(6)9(12)13/h1-3,11H,4H2,(H,12,13). The van der Waals surface area contributed by atoms with Crippen molar-refractivity contribution in [1.82, 2.24) is 5.16 Å². The Morgan fingerprint density at radius 3 is 2.93 bits per heavy atom. The van der Waals surface area contributed by atoms with Crippen LogP contribution >= 0.6 is 0 Å². The molecule has 0 aliphatic rings. The summed E-state index contributed by atoms with van der Waals surface area (Å²) < 4.78 is 4.64. The second-order valence-corrected chi connectivity index (χ2v) is 2.83. The second-order valence-electron chi connectivity index (χ2n) is 2.83.